The summed E-state index contributed by atoms with van der Waals surface area (Å²) in [5, 5.41) is 21.9. The number of carboxylic acid groups (broad SMARTS) is 1. The largest absolute Gasteiger partial charge is 0.465 e. The van der Waals surface area contributed by atoms with Crippen LogP contribution < -0.4 is 5.32 Å². The molecule has 0 aromatic heterocycles. The summed E-state index contributed by atoms with van der Waals surface area (Å²) < 4.78 is 0. The monoisotopic (exact) mass is 388 g/mol. The van der Waals surface area contributed by atoms with Crippen molar-refractivity contribution in [3.05, 3.63) is 35.4 Å². The molecule has 7 nitrogen and oxygen atoms in total. The SMILES string of the molecule is CSCCC1NC2(CCN(C(=O)O)CC2)N(Cc2cccc(C#N)c2)C1=O. The number of carbonyl (C=O) groups excluding carboxylic acids is 1. The number of carbonyl (C=O) groups is 2. The molecule has 2 saturated heterocycles. The molecule has 2 N–H and O–H groups in total. The van der Waals surface area contributed by atoms with E-state index < -0.39 is 11.8 Å². The lowest BCUT2D eigenvalue weighted by Crippen LogP contribution is -2.59. The molecule has 0 aliphatic carbocycles. The van der Waals surface area contributed by atoms with Gasteiger partial charge in [-0.1, -0.05) is 12.1 Å². The van der Waals surface area contributed by atoms with Crippen LogP contribution >= 0.6 is 11.8 Å². The van der Waals surface area contributed by atoms with Gasteiger partial charge in [-0.25, -0.2) is 4.79 Å². The Balaban J connectivity index is 1.83. The lowest BCUT2D eigenvalue weighted by atomic mass is 9.95. The van der Waals surface area contributed by atoms with Crippen LogP contribution in [0.15, 0.2) is 24.3 Å². The first-order chi connectivity index (χ1) is 13.0. The smallest absolute Gasteiger partial charge is 0.407 e. The van der Waals surface area contributed by atoms with Gasteiger partial charge in [0.05, 0.1) is 23.3 Å². The summed E-state index contributed by atoms with van der Waals surface area (Å²) in [6, 6.07) is 9.19. The van der Waals surface area contributed by atoms with Gasteiger partial charge in [0.2, 0.25) is 5.91 Å². The van der Waals surface area contributed by atoms with Crippen molar-refractivity contribution in [2.75, 3.05) is 25.1 Å². The van der Waals surface area contributed by atoms with Crippen molar-refractivity contribution in [2.24, 2.45) is 0 Å². The maximum absolute atomic E-state index is 13.1. The maximum Gasteiger partial charge on any atom is 0.407 e. The number of piperidine rings is 1. The van der Waals surface area contributed by atoms with Crippen LogP contribution in [0, 0.1) is 11.3 Å². The summed E-state index contributed by atoms with van der Waals surface area (Å²) in [5.41, 5.74) is 0.963. The van der Waals surface area contributed by atoms with Crippen LogP contribution in [0.25, 0.3) is 0 Å². The van der Waals surface area contributed by atoms with E-state index in [-0.39, 0.29) is 11.9 Å². The Kier molecular flexibility index (Phi) is 5.92. The summed E-state index contributed by atoms with van der Waals surface area (Å²) in [4.78, 5) is 27.7. The van der Waals surface area contributed by atoms with E-state index in [4.69, 9.17) is 5.26 Å². The highest BCUT2D eigenvalue weighted by Gasteiger charge is 2.51. The van der Waals surface area contributed by atoms with Crippen LogP contribution in [0.5, 0.6) is 0 Å². The van der Waals surface area contributed by atoms with Gasteiger partial charge < -0.3 is 14.9 Å². The Labute approximate surface area is 163 Å². The molecule has 1 aromatic carbocycles. The lowest BCUT2D eigenvalue weighted by Gasteiger charge is -2.44. The Morgan fingerprint density at radius 2 is 2.19 bits per heavy atom. The molecule has 1 aromatic rings. The minimum absolute atomic E-state index is 0.0650. The number of likely N-dealkylation sites (tertiary alicyclic amines) is 1. The van der Waals surface area contributed by atoms with Crippen LogP contribution in [0.3, 0.4) is 0 Å². The normalized spacial score (nSPS) is 21.5. The fourth-order valence-corrected chi connectivity index (χ4v) is 4.40. The molecule has 2 aliphatic heterocycles. The van der Waals surface area contributed by atoms with Crippen molar-refractivity contribution in [3.63, 3.8) is 0 Å². The number of nitriles is 1. The minimum Gasteiger partial charge on any atom is -0.465 e. The molecule has 1 spiro atoms. The Bertz CT molecular complexity index is 756. The predicted octanol–water partition coefficient (Wildman–Crippen LogP) is 2.08. The minimum atomic E-state index is -0.915. The van der Waals surface area contributed by atoms with Gasteiger partial charge in [0, 0.05) is 32.5 Å². The van der Waals surface area contributed by atoms with Gasteiger partial charge in [0.15, 0.2) is 0 Å². The number of nitrogens with one attached hydrogen (secondary N) is 1. The third kappa shape index (κ3) is 4.04. The third-order valence-electron chi connectivity index (χ3n) is 5.39. The van der Waals surface area contributed by atoms with Gasteiger partial charge >= 0.3 is 6.09 Å². The molecule has 8 heteroatoms. The van der Waals surface area contributed by atoms with E-state index in [9.17, 15) is 14.7 Å². The average molecular weight is 388 g/mol. The standard InChI is InChI=1S/C19H24N4O3S/c1-27-10-5-16-17(24)23(13-15-4-2-3-14(11-15)12-20)19(21-16)6-8-22(9-7-19)18(25)26/h2-4,11,16,21H,5-10,13H2,1H3,(H,25,26). The highest BCUT2D eigenvalue weighted by Crippen LogP contribution is 2.35. The second-order valence-electron chi connectivity index (χ2n) is 7.02. The maximum atomic E-state index is 13.1. The Hall–Kier alpha value is -2.24. The molecule has 2 amide bonds. The Morgan fingerprint density at radius 1 is 1.44 bits per heavy atom. The molecule has 0 bridgehead atoms. The van der Waals surface area contributed by atoms with E-state index in [0.717, 1.165) is 17.7 Å². The van der Waals surface area contributed by atoms with Gasteiger partial charge in [-0.2, -0.15) is 17.0 Å². The lowest BCUT2D eigenvalue weighted by molar-refractivity contribution is -0.134. The van der Waals surface area contributed by atoms with E-state index >= 15 is 0 Å². The number of hydrogen-bond donors (Lipinski definition) is 2. The molecule has 2 aliphatic rings. The number of thioether (sulfide) groups is 1. The van der Waals surface area contributed by atoms with Gasteiger partial charge in [-0.3, -0.25) is 10.1 Å². The van der Waals surface area contributed by atoms with Gasteiger partial charge in [-0.15, -0.1) is 0 Å². The highest BCUT2D eigenvalue weighted by atomic mass is 32.2. The van der Waals surface area contributed by atoms with Gasteiger partial charge in [-0.05, 0) is 36.1 Å². The van der Waals surface area contributed by atoms with Crippen LogP contribution in [0.2, 0.25) is 0 Å². The molecular formula is C19H24N4O3S. The number of benzene rings is 1. The molecule has 144 valence electrons. The van der Waals surface area contributed by atoms with Crippen LogP contribution in [0.4, 0.5) is 4.79 Å². The van der Waals surface area contributed by atoms with Crippen LogP contribution in [-0.4, -0.2) is 63.7 Å². The highest BCUT2D eigenvalue weighted by molar-refractivity contribution is 7.98. The van der Waals surface area contributed by atoms with Gasteiger partial charge in [0.25, 0.3) is 0 Å². The van der Waals surface area contributed by atoms with E-state index in [0.29, 0.717) is 38.0 Å². The molecule has 3 rings (SSSR count). The molecular weight excluding hydrogens is 364 g/mol. The molecule has 27 heavy (non-hydrogen) atoms. The Morgan fingerprint density at radius 3 is 2.81 bits per heavy atom. The first kappa shape index (κ1) is 19.5. The zero-order valence-electron chi connectivity index (χ0n) is 15.4. The number of hydrogen-bond acceptors (Lipinski definition) is 5. The molecule has 1 unspecified atom stereocenters. The van der Waals surface area contributed by atoms with E-state index in [1.54, 1.807) is 17.8 Å². The van der Waals surface area contributed by atoms with E-state index in [1.165, 1.54) is 4.90 Å². The molecule has 2 heterocycles. The zero-order valence-corrected chi connectivity index (χ0v) is 16.2. The van der Waals surface area contributed by atoms with Crippen molar-refractivity contribution in [1.82, 2.24) is 15.1 Å². The van der Waals surface area contributed by atoms with Crippen molar-refractivity contribution >= 4 is 23.8 Å². The quantitative estimate of drug-likeness (QED) is 0.802. The fourth-order valence-electron chi connectivity index (χ4n) is 3.93. The zero-order chi connectivity index (χ0) is 19.4. The first-order valence-electron chi connectivity index (χ1n) is 9.04. The molecule has 0 radical (unpaired) electrons. The summed E-state index contributed by atoms with van der Waals surface area (Å²) in [7, 11) is 0. The van der Waals surface area contributed by atoms with Crippen LogP contribution in [0.1, 0.15) is 30.4 Å². The van der Waals surface area contributed by atoms with Crippen molar-refractivity contribution < 1.29 is 14.7 Å². The molecule has 1 atom stereocenters. The fraction of sp³-hybridized carbons (Fsp3) is 0.526. The summed E-state index contributed by atoms with van der Waals surface area (Å²) in [6.07, 6.45) is 2.99. The number of nitrogens with zero attached hydrogens (tertiary/aromatic N) is 3. The second kappa shape index (κ2) is 8.19. The third-order valence-corrected chi connectivity index (χ3v) is 6.04. The number of amides is 2. The second-order valence-corrected chi connectivity index (χ2v) is 8.00. The number of rotatable bonds is 5. The predicted molar refractivity (Wildman–Crippen MR) is 103 cm³/mol. The van der Waals surface area contributed by atoms with Gasteiger partial charge in [0.1, 0.15) is 0 Å². The topological polar surface area (TPSA) is 96.7 Å². The molecule has 0 saturated carbocycles. The summed E-state index contributed by atoms with van der Waals surface area (Å²) in [6.45, 7) is 1.23. The summed E-state index contributed by atoms with van der Waals surface area (Å²) in [5.74, 6) is 0.952. The van der Waals surface area contributed by atoms with E-state index in [2.05, 4.69) is 11.4 Å². The first-order valence-corrected chi connectivity index (χ1v) is 10.4. The van der Waals surface area contributed by atoms with E-state index in [1.807, 2.05) is 29.4 Å². The van der Waals surface area contributed by atoms with Crippen LogP contribution in [-0.2, 0) is 11.3 Å². The average Bonchev–Trinajstić information content (AvgIpc) is 2.92. The van der Waals surface area contributed by atoms with Crippen molar-refractivity contribution in [1.29, 1.82) is 5.26 Å². The molecule has 2 fully saturated rings. The van der Waals surface area contributed by atoms with Crippen molar-refractivity contribution in [3.8, 4) is 6.07 Å². The summed E-state index contributed by atoms with van der Waals surface area (Å²) >= 11 is 1.71. The van der Waals surface area contributed by atoms with Crippen molar-refractivity contribution in [2.45, 2.75) is 37.5 Å².